The average molecular weight is 564 g/mol. The third-order valence-corrected chi connectivity index (χ3v) is 6.77. The molecule has 3 heterocycles. The van der Waals surface area contributed by atoms with Crippen molar-refractivity contribution in [1.29, 1.82) is 0 Å². The fourth-order valence-corrected chi connectivity index (χ4v) is 4.30. The van der Waals surface area contributed by atoms with E-state index in [2.05, 4.69) is 23.8 Å². The lowest BCUT2D eigenvalue weighted by Gasteiger charge is -2.20. The Balaban J connectivity index is 0.000000493. The Hall–Kier alpha value is -1.87. The van der Waals surface area contributed by atoms with Crippen LogP contribution in [0.4, 0.5) is 5.95 Å². The number of aliphatic hydroxyl groups excluding tert-OH is 5. The maximum Gasteiger partial charge on any atom is 0.481 e. The van der Waals surface area contributed by atoms with Crippen LogP contribution in [0.3, 0.4) is 0 Å². The van der Waals surface area contributed by atoms with Crippen molar-refractivity contribution in [2.24, 2.45) is 5.73 Å². The number of aliphatic hydroxyl groups is 5. The van der Waals surface area contributed by atoms with Crippen molar-refractivity contribution >= 4 is 32.8 Å². The molecule has 0 aromatic carbocycles. The summed E-state index contributed by atoms with van der Waals surface area (Å²) in [4.78, 5) is 48.1. The molecule has 2 aromatic rings. The van der Waals surface area contributed by atoms with Crippen LogP contribution in [0.25, 0.3) is 11.2 Å². The number of aromatic amines is 1. The highest BCUT2D eigenvalue weighted by molar-refractivity contribution is 7.60. The quantitative estimate of drug-likeness (QED) is 0.127. The van der Waals surface area contributed by atoms with Crippen molar-refractivity contribution in [2.75, 3.05) is 32.2 Å². The molecule has 1 aliphatic heterocycles. The van der Waals surface area contributed by atoms with Crippen LogP contribution in [0.1, 0.15) is 6.23 Å². The van der Waals surface area contributed by atoms with E-state index in [0.29, 0.717) is 0 Å². The van der Waals surface area contributed by atoms with Gasteiger partial charge in [0, 0.05) is 0 Å². The molecule has 13 N–H and O–H groups in total. The van der Waals surface area contributed by atoms with E-state index in [4.69, 9.17) is 41.3 Å². The van der Waals surface area contributed by atoms with E-state index in [0.717, 1.165) is 10.9 Å². The molecule has 1 fully saturated rings. The number of aromatic nitrogens is 4. The van der Waals surface area contributed by atoms with Crippen molar-refractivity contribution in [3.05, 3.63) is 16.7 Å². The molecule has 0 spiro atoms. The van der Waals surface area contributed by atoms with E-state index in [1.165, 1.54) is 0 Å². The van der Waals surface area contributed by atoms with Gasteiger partial charge < -0.3 is 56.4 Å². The van der Waals surface area contributed by atoms with Gasteiger partial charge in [-0.3, -0.25) is 18.9 Å². The summed E-state index contributed by atoms with van der Waals surface area (Å²) in [5, 5.41) is 45.3. The second-order valence-corrected chi connectivity index (χ2v) is 10.3. The SMILES string of the molecule is NC(CO)(CO)CO.Nc1nc2c(ncn2C2OC(COP(=O)(O)OP(=O)(O)O)C(O)C2O)c(=O)[nH]1. The number of nitrogen functional groups attached to an aromatic ring is 1. The molecule has 0 bridgehead atoms. The third kappa shape index (κ3) is 7.57. The number of nitrogens with zero attached hydrogens (tertiary/aromatic N) is 3. The first-order valence-electron chi connectivity index (χ1n) is 9.66. The Morgan fingerprint density at radius 1 is 1.14 bits per heavy atom. The summed E-state index contributed by atoms with van der Waals surface area (Å²) >= 11 is 0. The second-order valence-electron chi connectivity index (χ2n) is 7.49. The van der Waals surface area contributed by atoms with Gasteiger partial charge >= 0.3 is 15.6 Å². The predicted octanol–water partition coefficient (Wildman–Crippen LogP) is -4.79. The zero-order valence-electron chi connectivity index (χ0n) is 18.1. The van der Waals surface area contributed by atoms with E-state index in [1.54, 1.807) is 0 Å². The van der Waals surface area contributed by atoms with Gasteiger partial charge in [0.15, 0.2) is 17.4 Å². The summed E-state index contributed by atoms with van der Waals surface area (Å²) in [6, 6.07) is 0. The summed E-state index contributed by atoms with van der Waals surface area (Å²) in [5.74, 6) is -0.233. The van der Waals surface area contributed by atoms with Crippen LogP contribution in [-0.4, -0.2) is 110 Å². The molecule has 1 saturated heterocycles. The summed E-state index contributed by atoms with van der Waals surface area (Å²) in [5.41, 5.74) is 8.58. The molecule has 0 radical (unpaired) electrons. The minimum Gasteiger partial charge on any atom is -0.394 e. The zero-order valence-corrected chi connectivity index (χ0v) is 19.9. The van der Waals surface area contributed by atoms with Crippen LogP contribution in [0.2, 0.25) is 0 Å². The van der Waals surface area contributed by atoms with Crippen LogP contribution in [0, 0.1) is 0 Å². The lowest BCUT2D eigenvalue weighted by atomic mass is 10.1. The molecular weight excluding hydrogens is 538 g/mol. The van der Waals surface area contributed by atoms with Crippen LogP contribution < -0.4 is 17.0 Å². The first-order chi connectivity index (χ1) is 16.6. The topological polar surface area (TPSA) is 339 Å². The number of hydrogen-bond acceptors (Lipinski definition) is 15. The standard InChI is InChI=1S/C10H15N5O11P2.C4H11NO3/c11-10-13-7-4(8(18)14-10)12-2-15(7)9-6(17)5(16)3(25-9)1-24-28(22,23)26-27(19,20)21;5-4(1-6,2-7)3-8/h2-3,5-6,9,16-17H,1H2,(H,22,23)(H2,19,20,21)(H3,11,13,14,18);6-8H,1-3,5H2. The van der Waals surface area contributed by atoms with Crippen molar-refractivity contribution in [3.63, 3.8) is 0 Å². The minimum atomic E-state index is -5.32. The minimum absolute atomic E-state index is 0.0586. The van der Waals surface area contributed by atoms with E-state index < -0.39 is 77.7 Å². The zero-order chi connectivity index (χ0) is 27.5. The van der Waals surface area contributed by atoms with Gasteiger partial charge in [0.05, 0.1) is 38.3 Å². The molecule has 1 aliphatic rings. The van der Waals surface area contributed by atoms with Crippen molar-refractivity contribution < 1.29 is 62.9 Å². The molecule has 22 heteroatoms. The molecule has 0 aliphatic carbocycles. The smallest absolute Gasteiger partial charge is 0.394 e. The number of imidazole rings is 1. The van der Waals surface area contributed by atoms with E-state index in [1.807, 2.05) is 0 Å². The number of anilines is 1. The van der Waals surface area contributed by atoms with Crippen molar-refractivity contribution in [1.82, 2.24) is 19.5 Å². The predicted molar refractivity (Wildman–Crippen MR) is 116 cm³/mol. The molecule has 206 valence electrons. The average Bonchev–Trinajstić information content (AvgIpc) is 3.32. The largest absolute Gasteiger partial charge is 0.481 e. The van der Waals surface area contributed by atoms with Gasteiger partial charge in [-0.15, -0.1) is 0 Å². The van der Waals surface area contributed by atoms with Gasteiger partial charge in [0.25, 0.3) is 5.56 Å². The first-order valence-corrected chi connectivity index (χ1v) is 12.7. The van der Waals surface area contributed by atoms with Gasteiger partial charge in [-0.1, -0.05) is 0 Å². The van der Waals surface area contributed by atoms with Gasteiger partial charge in [-0.05, 0) is 0 Å². The Labute approximate surface area is 200 Å². The Bertz CT molecular complexity index is 1170. The summed E-state index contributed by atoms with van der Waals surface area (Å²) in [6.45, 7) is -2.08. The fraction of sp³-hybridized carbons (Fsp3) is 0.643. The molecule has 5 atom stereocenters. The highest BCUT2D eigenvalue weighted by Gasteiger charge is 2.46. The molecule has 2 aromatic heterocycles. The number of phosphoric acid groups is 2. The van der Waals surface area contributed by atoms with Crippen LogP contribution in [0.5, 0.6) is 0 Å². The number of H-pyrrole nitrogens is 1. The van der Waals surface area contributed by atoms with E-state index in [9.17, 15) is 29.0 Å². The molecule has 20 nitrogen and oxygen atoms in total. The number of phosphoric ester groups is 1. The number of ether oxygens (including phenoxy) is 1. The van der Waals surface area contributed by atoms with Gasteiger partial charge in [0.2, 0.25) is 5.95 Å². The highest BCUT2D eigenvalue weighted by atomic mass is 31.3. The normalized spacial score (nSPS) is 24.4. The monoisotopic (exact) mass is 564 g/mol. The maximum atomic E-state index is 11.8. The Morgan fingerprint density at radius 3 is 2.22 bits per heavy atom. The molecule has 0 saturated carbocycles. The van der Waals surface area contributed by atoms with Gasteiger partial charge in [-0.2, -0.15) is 9.29 Å². The summed E-state index contributed by atoms with van der Waals surface area (Å²) < 4.78 is 36.6. The highest BCUT2D eigenvalue weighted by Crippen LogP contribution is 2.57. The van der Waals surface area contributed by atoms with Crippen LogP contribution in [-0.2, 0) is 22.7 Å². The lowest BCUT2D eigenvalue weighted by Crippen LogP contribution is -2.50. The van der Waals surface area contributed by atoms with Crippen LogP contribution >= 0.6 is 15.6 Å². The summed E-state index contributed by atoms with van der Waals surface area (Å²) in [6.07, 6.45) is -4.88. The number of nitrogens with two attached hydrogens (primary N) is 2. The lowest BCUT2D eigenvalue weighted by molar-refractivity contribution is -0.0503. The molecule has 5 unspecified atom stereocenters. The van der Waals surface area contributed by atoms with Crippen molar-refractivity contribution in [2.45, 2.75) is 30.1 Å². The van der Waals surface area contributed by atoms with E-state index in [-0.39, 0.29) is 17.1 Å². The number of hydrogen-bond donors (Lipinski definition) is 11. The second kappa shape index (κ2) is 11.7. The fourth-order valence-electron chi connectivity index (χ4n) is 2.70. The first kappa shape index (κ1) is 30.4. The summed E-state index contributed by atoms with van der Waals surface area (Å²) in [7, 11) is -10.5. The molecule has 36 heavy (non-hydrogen) atoms. The number of fused-ring (bicyclic) bond motifs is 1. The maximum absolute atomic E-state index is 11.8. The Kier molecular flexibility index (Phi) is 9.84. The van der Waals surface area contributed by atoms with E-state index >= 15 is 0 Å². The molecular formula is C14H26N6O14P2. The number of nitrogens with one attached hydrogen (secondary N) is 1. The Morgan fingerprint density at radius 2 is 1.72 bits per heavy atom. The third-order valence-electron chi connectivity index (χ3n) is 4.62. The molecule has 3 rings (SSSR count). The van der Waals surface area contributed by atoms with Gasteiger partial charge in [0.1, 0.15) is 18.3 Å². The van der Waals surface area contributed by atoms with Crippen molar-refractivity contribution in [3.8, 4) is 0 Å². The molecule has 0 amide bonds. The van der Waals surface area contributed by atoms with Gasteiger partial charge in [-0.25, -0.2) is 14.1 Å². The van der Waals surface area contributed by atoms with Crippen LogP contribution in [0.15, 0.2) is 11.1 Å². The number of rotatable bonds is 9.